The number of rotatable bonds is 8. The van der Waals surface area contributed by atoms with Crippen molar-refractivity contribution < 1.29 is 18.0 Å². The van der Waals surface area contributed by atoms with Crippen LogP contribution in [0.15, 0.2) is 24.4 Å². The van der Waals surface area contributed by atoms with Crippen molar-refractivity contribution in [2.24, 2.45) is 5.92 Å². The number of benzene rings is 1. The van der Waals surface area contributed by atoms with Gasteiger partial charge in [0.1, 0.15) is 0 Å². The normalized spacial score (nSPS) is 12.2. The molecule has 148 valence electrons. The number of halogens is 3. The molecule has 0 unspecified atom stereocenters. The fraction of sp³-hybridized carbons (Fsp3) is 0.474. The van der Waals surface area contributed by atoms with E-state index in [0.717, 1.165) is 25.2 Å². The first kappa shape index (κ1) is 21.1. The molecule has 0 spiro atoms. The Morgan fingerprint density at radius 1 is 1.30 bits per heavy atom. The van der Waals surface area contributed by atoms with Gasteiger partial charge in [-0.3, -0.25) is 14.8 Å². The van der Waals surface area contributed by atoms with Gasteiger partial charge in [0.15, 0.2) is 5.78 Å². The van der Waals surface area contributed by atoms with E-state index < -0.39 is 17.7 Å². The van der Waals surface area contributed by atoms with E-state index in [1.807, 2.05) is 19.0 Å². The third kappa shape index (κ3) is 5.40. The molecule has 0 atom stereocenters. The van der Waals surface area contributed by atoms with Gasteiger partial charge in [0, 0.05) is 42.9 Å². The first-order valence-electron chi connectivity index (χ1n) is 8.76. The van der Waals surface area contributed by atoms with Crippen LogP contribution >= 0.6 is 0 Å². The summed E-state index contributed by atoms with van der Waals surface area (Å²) in [6.07, 6.45) is -2.96. The Labute approximate surface area is 157 Å². The van der Waals surface area contributed by atoms with Gasteiger partial charge in [-0.05, 0) is 37.9 Å². The van der Waals surface area contributed by atoms with Crippen LogP contribution in [0.5, 0.6) is 0 Å². The van der Waals surface area contributed by atoms with Crippen molar-refractivity contribution in [2.75, 3.05) is 27.2 Å². The second-order valence-corrected chi connectivity index (χ2v) is 6.90. The van der Waals surface area contributed by atoms with Crippen LogP contribution in [0.4, 0.5) is 13.2 Å². The molecule has 2 aromatic rings. The molecule has 0 bridgehead atoms. The fourth-order valence-corrected chi connectivity index (χ4v) is 2.75. The van der Waals surface area contributed by atoms with Crippen LogP contribution in [0, 0.1) is 5.92 Å². The summed E-state index contributed by atoms with van der Waals surface area (Å²) in [4.78, 5) is 14.3. The summed E-state index contributed by atoms with van der Waals surface area (Å²) >= 11 is 0. The molecule has 0 aliphatic heterocycles. The summed E-state index contributed by atoms with van der Waals surface area (Å²) < 4.78 is 40.1. The van der Waals surface area contributed by atoms with E-state index in [4.69, 9.17) is 0 Å². The standard InChI is InChI=1S/C19H25F3N4O/c1-12(2)18(27)14-7-13(8-15(9-14)19(20,21)22)16-10-24-25-17(16)11-26(4)6-5-23-3/h7-10,12,23H,5-6,11H2,1-4H3,(H,24,25). The molecule has 2 rings (SSSR count). The van der Waals surface area contributed by atoms with Gasteiger partial charge in [-0.25, -0.2) is 0 Å². The number of aromatic nitrogens is 2. The molecule has 1 aromatic carbocycles. The number of hydrogen-bond donors (Lipinski definition) is 2. The Morgan fingerprint density at radius 3 is 2.59 bits per heavy atom. The van der Waals surface area contributed by atoms with Crippen molar-refractivity contribution in [1.82, 2.24) is 20.4 Å². The van der Waals surface area contributed by atoms with Gasteiger partial charge in [0.2, 0.25) is 0 Å². The molecule has 1 heterocycles. The highest BCUT2D eigenvalue weighted by molar-refractivity contribution is 5.98. The van der Waals surface area contributed by atoms with E-state index in [1.165, 1.54) is 6.07 Å². The zero-order valence-electron chi connectivity index (χ0n) is 15.9. The smallest absolute Gasteiger partial charge is 0.318 e. The number of H-pyrrole nitrogens is 1. The summed E-state index contributed by atoms with van der Waals surface area (Å²) in [5.74, 6) is -0.712. The molecule has 1 aromatic heterocycles. The van der Waals surface area contributed by atoms with Crippen LogP contribution in [0.25, 0.3) is 11.1 Å². The maximum Gasteiger partial charge on any atom is 0.416 e. The number of Topliss-reactive ketones (excluding diaryl/α,β-unsaturated/α-hetero) is 1. The number of nitrogens with zero attached hydrogens (tertiary/aromatic N) is 2. The van der Waals surface area contributed by atoms with Crippen LogP contribution in [0.1, 0.15) is 35.5 Å². The minimum atomic E-state index is -4.53. The molecule has 0 amide bonds. The Kier molecular flexibility index (Phi) is 6.78. The van der Waals surface area contributed by atoms with E-state index in [0.29, 0.717) is 23.4 Å². The van der Waals surface area contributed by atoms with Gasteiger partial charge in [-0.2, -0.15) is 18.3 Å². The molecule has 2 N–H and O–H groups in total. The number of nitrogens with one attached hydrogen (secondary N) is 2. The lowest BCUT2D eigenvalue weighted by Crippen LogP contribution is -2.27. The Morgan fingerprint density at radius 2 is 2.00 bits per heavy atom. The van der Waals surface area contributed by atoms with Gasteiger partial charge >= 0.3 is 6.18 Å². The zero-order valence-corrected chi connectivity index (χ0v) is 15.9. The van der Waals surface area contributed by atoms with Crippen LogP contribution in [-0.4, -0.2) is 48.1 Å². The lowest BCUT2D eigenvalue weighted by molar-refractivity contribution is -0.137. The molecule has 0 saturated heterocycles. The third-order valence-electron chi connectivity index (χ3n) is 4.26. The maximum atomic E-state index is 13.4. The molecule has 0 aliphatic rings. The van der Waals surface area contributed by atoms with Crippen LogP contribution in [0.3, 0.4) is 0 Å². The summed E-state index contributed by atoms with van der Waals surface area (Å²) in [5.41, 5.74) is 0.760. The van der Waals surface area contributed by atoms with Crippen molar-refractivity contribution in [3.8, 4) is 11.1 Å². The number of carbonyl (C=O) groups is 1. The minimum absolute atomic E-state index is 0.0607. The fourth-order valence-electron chi connectivity index (χ4n) is 2.75. The average Bonchev–Trinajstić information content (AvgIpc) is 3.06. The van der Waals surface area contributed by atoms with E-state index in [2.05, 4.69) is 15.5 Å². The Hall–Kier alpha value is -2.19. The summed E-state index contributed by atoms with van der Waals surface area (Å²) in [6, 6.07) is 3.50. The van der Waals surface area contributed by atoms with Crippen molar-refractivity contribution >= 4 is 5.78 Å². The summed E-state index contributed by atoms with van der Waals surface area (Å²) in [6.45, 7) is 5.37. The second kappa shape index (κ2) is 8.67. The Bertz CT molecular complexity index is 784. The van der Waals surface area contributed by atoms with Crippen molar-refractivity contribution in [3.63, 3.8) is 0 Å². The zero-order chi connectivity index (χ0) is 20.2. The predicted molar refractivity (Wildman–Crippen MR) is 98.5 cm³/mol. The number of alkyl halides is 3. The van der Waals surface area contributed by atoms with Gasteiger partial charge in [-0.1, -0.05) is 13.8 Å². The molecule has 0 aliphatic carbocycles. The average molecular weight is 382 g/mol. The van der Waals surface area contributed by atoms with Gasteiger partial charge in [0.25, 0.3) is 0 Å². The van der Waals surface area contributed by atoms with E-state index >= 15 is 0 Å². The molecular weight excluding hydrogens is 357 g/mol. The van der Waals surface area contributed by atoms with Gasteiger partial charge in [-0.15, -0.1) is 0 Å². The molecule has 0 fully saturated rings. The minimum Gasteiger partial charge on any atom is -0.318 e. The van der Waals surface area contributed by atoms with Crippen molar-refractivity contribution in [2.45, 2.75) is 26.6 Å². The van der Waals surface area contributed by atoms with Crippen LogP contribution in [-0.2, 0) is 12.7 Å². The highest BCUT2D eigenvalue weighted by Gasteiger charge is 2.32. The first-order valence-corrected chi connectivity index (χ1v) is 8.76. The SMILES string of the molecule is CNCCN(C)Cc1n[nH]cc1-c1cc(C(=O)C(C)C)cc(C(F)(F)F)c1. The molecular formula is C19H25F3N4O. The number of ketones is 1. The van der Waals surface area contributed by atoms with Crippen molar-refractivity contribution in [1.29, 1.82) is 0 Å². The number of aromatic amines is 1. The first-order chi connectivity index (χ1) is 12.6. The monoisotopic (exact) mass is 382 g/mol. The third-order valence-corrected chi connectivity index (χ3v) is 4.26. The molecule has 8 heteroatoms. The maximum absolute atomic E-state index is 13.4. The summed E-state index contributed by atoms with van der Waals surface area (Å²) in [5, 5.41) is 9.97. The Balaban J connectivity index is 2.45. The number of hydrogen-bond acceptors (Lipinski definition) is 4. The lowest BCUT2D eigenvalue weighted by Gasteiger charge is -2.17. The van der Waals surface area contributed by atoms with Crippen LogP contribution in [0.2, 0.25) is 0 Å². The highest BCUT2D eigenvalue weighted by Crippen LogP contribution is 2.34. The quantitative estimate of drug-likeness (QED) is 0.685. The van der Waals surface area contributed by atoms with Gasteiger partial charge in [0.05, 0.1) is 11.3 Å². The largest absolute Gasteiger partial charge is 0.416 e. The molecule has 5 nitrogen and oxygen atoms in total. The van der Waals surface area contributed by atoms with E-state index in [-0.39, 0.29) is 11.3 Å². The van der Waals surface area contributed by atoms with E-state index in [1.54, 1.807) is 20.0 Å². The van der Waals surface area contributed by atoms with Crippen LogP contribution < -0.4 is 5.32 Å². The molecule has 0 radical (unpaired) electrons. The predicted octanol–water partition coefficient (Wildman–Crippen LogP) is 3.59. The number of carbonyl (C=O) groups excluding carboxylic acids is 1. The second-order valence-electron chi connectivity index (χ2n) is 6.90. The highest BCUT2D eigenvalue weighted by atomic mass is 19.4. The molecule has 0 saturated carbocycles. The lowest BCUT2D eigenvalue weighted by atomic mass is 9.94. The molecule has 27 heavy (non-hydrogen) atoms. The topological polar surface area (TPSA) is 61.0 Å². The summed E-state index contributed by atoms with van der Waals surface area (Å²) in [7, 11) is 3.76. The van der Waals surface area contributed by atoms with Crippen molar-refractivity contribution in [3.05, 3.63) is 41.2 Å². The van der Waals surface area contributed by atoms with Gasteiger partial charge < -0.3 is 5.32 Å². The van der Waals surface area contributed by atoms with E-state index in [9.17, 15) is 18.0 Å². The number of likely N-dealkylation sites (N-methyl/N-ethyl adjacent to an activating group) is 2.